The lowest BCUT2D eigenvalue weighted by Gasteiger charge is -2.19. The maximum atomic E-state index is 12.5. The van der Waals surface area contributed by atoms with Gasteiger partial charge in [-0.2, -0.15) is 9.78 Å². The van der Waals surface area contributed by atoms with Crippen LogP contribution in [0.25, 0.3) is 5.69 Å². The molecule has 0 aliphatic rings. The summed E-state index contributed by atoms with van der Waals surface area (Å²) >= 11 is 18.0. The topological polar surface area (TPSA) is 67.2 Å². The fraction of sp³-hybridized carbons (Fsp3) is 0.111. The van der Waals surface area contributed by atoms with Crippen molar-refractivity contribution >= 4 is 40.5 Å². The molecule has 5 nitrogen and oxygen atoms in total. The summed E-state index contributed by atoms with van der Waals surface area (Å²) in [7, 11) is 0. The summed E-state index contributed by atoms with van der Waals surface area (Å²) in [5.41, 5.74) is 1.20. The molecule has 3 rings (SSSR count). The number of benzene rings is 2. The molecule has 0 aliphatic carbocycles. The summed E-state index contributed by atoms with van der Waals surface area (Å²) in [6, 6.07) is 13.2. The van der Waals surface area contributed by atoms with Gasteiger partial charge in [-0.1, -0.05) is 46.9 Å². The SMILES string of the molecule is O=c1c(Cl)c(NC(CO)c2ccc(Cl)cc2)cnn1-c1ccc(Cl)cc1. The van der Waals surface area contributed by atoms with Gasteiger partial charge in [0.1, 0.15) is 5.02 Å². The molecule has 0 saturated heterocycles. The molecule has 1 aromatic heterocycles. The van der Waals surface area contributed by atoms with E-state index in [-0.39, 0.29) is 11.6 Å². The Labute approximate surface area is 164 Å². The minimum Gasteiger partial charge on any atom is -0.394 e. The Bertz CT molecular complexity index is 957. The lowest BCUT2D eigenvalue weighted by molar-refractivity contribution is 0.276. The van der Waals surface area contributed by atoms with Gasteiger partial charge in [0, 0.05) is 10.0 Å². The van der Waals surface area contributed by atoms with Crippen molar-refractivity contribution in [2.24, 2.45) is 0 Å². The second-order valence-electron chi connectivity index (χ2n) is 5.50. The first-order valence-corrected chi connectivity index (χ1v) is 8.79. The average molecular weight is 411 g/mol. The minimum atomic E-state index is -0.480. The van der Waals surface area contributed by atoms with E-state index in [0.717, 1.165) is 5.56 Å². The van der Waals surface area contributed by atoms with Gasteiger partial charge in [-0.15, -0.1) is 0 Å². The van der Waals surface area contributed by atoms with Gasteiger partial charge in [-0.3, -0.25) is 4.79 Å². The highest BCUT2D eigenvalue weighted by Crippen LogP contribution is 2.24. The third kappa shape index (κ3) is 4.02. The van der Waals surface area contributed by atoms with Crippen LogP contribution in [0.1, 0.15) is 11.6 Å². The van der Waals surface area contributed by atoms with E-state index in [4.69, 9.17) is 34.8 Å². The third-order valence-corrected chi connectivity index (χ3v) is 4.64. The van der Waals surface area contributed by atoms with Crippen LogP contribution in [0, 0.1) is 0 Å². The maximum absolute atomic E-state index is 12.5. The van der Waals surface area contributed by atoms with Crippen LogP contribution in [0.3, 0.4) is 0 Å². The Morgan fingerprint density at radius 3 is 2.15 bits per heavy atom. The first kappa shape index (κ1) is 18.7. The molecular weight excluding hydrogens is 397 g/mol. The van der Waals surface area contributed by atoms with Crippen LogP contribution in [0.2, 0.25) is 15.1 Å². The molecule has 0 fully saturated rings. The molecular formula is C18H14Cl3N3O2. The summed E-state index contributed by atoms with van der Waals surface area (Å²) < 4.78 is 1.18. The van der Waals surface area contributed by atoms with E-state index >= 15 is 0 Å². The number of nitrogens with one attached hydrogen (secondary N) is 1. The second-order valence-corrected chi connectivity index (χ2v) is 6.75. The predicted octanol–water partition coefficient (Wildman–Crippen LogP) is 4.34. The van der Waals surface area contributed by atoms with Gasteiger partial charge < -0.3 is 10.4 Å². The molecule has 3 aromatic rings. The van der Waals surface area contributed by atoms with E-state index in [2.05, 4.69) is 10.4 Å². The predicted molar refractivity (Wildman–Crippen MR) is 105 cm³/mol. The fourth-order valence-electron chi connectivity index (χ4n) is 2.42. The normalized spacial score (nSPS) is 12.0. The molecule has 134 valence electrons. The zero-order chi connectivity index (χ0) is 18.7. The van der Waals surface area contributed by atoms with E-state index < -0.39 is 11.6 Å². The lowest BCUT2D eigenvalue weighted by atomic mass is 10.1. The van der Waals surface area contributed by atoms with Crippen molar-refractivity contribution in [3.63, 3.8) is 0 Å². The Balaban J connectivity index is 1.91. The number of rotatable bonds is 5. The number of hydrogen-bond donors (Lipinski definition) is 2. The molecule has 1 atom stereocenters. The zero-order valence-electron chi connectivity index (χ0n) is 13.4. The van der Waals surface area contributed by atoms with Crippen molar-refractivity contribution in [2.75, 3.05) is 11.9 Å². The number of aromatic nitrogens is 2. The van der Waals surface area contributed by atoms with Crippen LogP contribution < -0.4 is 10.9 Å². The van der Waals surface area contributed by atoms with E-state index in [1.54, 1.807) is 48.5 Å². The Morgan fingerprint density at radius 1 is 1.00 bits per heavy atom. The van der Waals surface area contributed by atoms with Crippen LogP contribution in [0.5, 0.6) is 0 Å². The van der Waals surface area contributed by atoms with Gasteiger partial charge in [0.15, 0.2) is 0 Å². The summed E-state index contributed by atoms with van der Waals surface area (Å²) in [5.74, 6) is 0. The first-order chi connectivity index (χ1) is 12.5. The quantitative estimate of drug-likeness (QED) is 0.657. The minimum absolute atomic E-state index is 0.0256. The molecule has 0 amide bonds. The number of aliphatic hydroxyl groups is 1. The molecule has 26 heavy (non-hydrogen) atoms. The van der Waals surface area contributed by atoms with Crippen LogP contribution in [-0.2, 0) is 0 Å². The Morgan fingerprint density at radius 2 is 1.58 bits per heavy atom. The highest BCUT2D eigenvalue weighted by atomic mass is 35.5. The van der Waals surface area contributed by atoms with Crippen molar-refractivity contribution < 1.29 is 5.11 Å². The fourth-order valence-corrected chi connectivity index (χ4v) is 2.85. The van der Waals surface area contributed by atoms with Crippen LogP contribution >= 0.6 is 34.8 Å². The molecule has 0 spiro atoms. The van der Waals surface area contributed by atoms with E-state index in [1.807, 2.05) is 0 Å². The highest BCUT2D eigenvalue weighted by molar-refractivity contribution is 6.33. The summed E-state index contributed by atoms with van der Waals surface area (Å²) in [4.78, 5) is 12.5. The van der Waals surface area contributed by atoms with E-state index in [9.17, 15) is 9.90 Å². The largest absolute Gasteiger partial charge is 0.394 e. The van der Waals surface area contributed by atoms with Gasteiger partial charge in [-0.05, 0) is 42.0 Å². The van der Waals surface area contributed by atoms with Gasteiger partial charge >= 0.3 is 0 Å². The van der Waals surface area contributed by atoms with Crippen molar-refractivity contribution in [1.82, 2.24) is 9.78 Å². The maximum Gasteiger partial charge on any atom is 0.292 e. The smallest absolute Gasteiger partial charge is 0.292 e. The molecule has 8 heteroatoms. The molecule has 2 aromatic carbocycles. The van der Waals surface area contributed by atoms with E-state index in [0.29, 0.717) is 21.4 Å². The Hall–Kier alpha value is -2.05. The summed E-state index contributed by atoms with van der Waals surface area (Å²) in [6.07, 6.45) is 1.44. The monoisotopic (exact) mass is 409 g/mol. The number of hydrogen-bond acceptors (Lipinski definition) is 4. The molecule has 0 bridgehead atoms. The standard InChI is InChI=1S/C18H14Cl3N3O2/c19-12-3-1-11(2-4-12)16(10-25)23-15-9-22-24(18(26)17(15)21)14-7-5-13(20)6-8-14/h1-9,16,23,25H,10H2. The molecule has 0 aliphatic heterocycles. The van der Waals surface area contributed by atoms with Crippen LogP contribution in [0.4, 0.5) is 5.69 Å². The third-order valence-electron chi connectivity index (χ3n) is 3.77. The van der Waals surface area contributed by atoms with E-state index in [1.165, 1.54) is 10.9 Å². The summed E-state index contributed by atoms with van der Waals surface area (Å²) in [6.45, 7) is -0.196. The van der Waals surface area contributed by atoms with Crippen molar-refractivity contribution in [3.05, 3.63) is 85.7 Å². The van der Waals surface area contributed by atoms with Crippen molar-refractivity contribution in [2.45, 2.75) is 6.04 Å². The van der Waals surface area contributed by atoms with Gasteiger partial charge in [0.25, 0.3) is 5.56 Å². The van der Waals surface area contributed by atoms with Gasteiger partial charge in [0.05, 0.1) is 30.2 Å². The average Bonchev–Trinajstić information content (AvgIpc) is 2.65. The van der Waals surface area contributed by atoms with Crippen LogP contribution in [-0.4, -0.2) is 21.5 Å². The van der Waals surface area contributed by atoms with Gasteiger partial charge in [0.2, 0.25) is 0 Å². The van der Waals surface area contributed by atoms with Crippen molar-refractivity contribution in [1.29, 1.82) is 0 Å². The zero-order valence-corrected chi connectivity index (χ0v) is 15.6. The summed E-state index contributed by atoms with van der Waals surface area (Å²) in [5, 5.41) is 18.0. The molecule has 2 N–H and O–H groups in total. The molecule has 0 radical (unpaired) electrons. The Kier molecular flexibility index (Phi) is 5.84. The number of nitrogens with zero attached hydrogens (tertiary/aromatic N) is 2. The van der Waals surface area contributed by atoms with Crippen molar-refractivity contribution in [3.8, 4) is 5.69 Å². The molecule has 1 unspecified atom stereocenters. The molecule has 0 saturated carbocycles. The second kappa shape index (κ2) is 8.10. The number of aliphatic hydroxyl groups excluding tert-OH is 1. The number of anilines is 1. The highest BCUT2D eigenvalue weighted by Gasteiger charge is 2.16. The lowest BCUT2D eigenvalue weighted by Crippen LogP contribution is -2.24. The number of halogens is 3. The molecule has 1 heterocycles. The first-order valence-electron chi connectivity index (χ1n) is 7.66. The van der Waals surface area contributed by atoms with Gasteiger partial charge in [-0.25, -0.2) is 0 Å². The van der Waals surface area contributed by atoms with Crippen LogP contribution in [0.15, 0.2) is 59.5 Å².